The molecule has 0 spiro atoms. The zero-order valence-corrected chi connectivity index (χ0v) is 27.4. The Balaban J connectivity index is 1.20. The van der Waals surface area contributed by atoms with E-state index < -0.39 is 23.5 Å². The topological polar surface area (TPSA) is 106 Å². The number of carbonyl (C=O) groups is 2. The summed E-state index contributed by atoms with van der Waals surface area (Å²) in [6.07, 6.45) is 0. The van der Waals surface area contributed by atoms with Crippen molar-refractivity contribution in [3.63, 3.8) is 0 Å². The number of para-hydroxylation sites is 1. The molecule has 1 aliphatic rings. The summed E-state index contributed by atoms with van der Waals surface area (Å²) in [4.78, 5) is 29.0. The molecule has 234 valence electrons. The van der Waals surface area contributed by atoms with Gasteiger partial charge in [0.15, 0.2) is 15.9 Å². The molecule has 1 aliphatic heterocycles. The van der Waals surface area contributed by atoms with Gasteiger partial charge in [-0.25, -0.2) is 0 Å². The van der Waals surface area contributed by atoms with Crippen LogP contribution in [0.25, 0.3) is 11.0 Å². The van der Waals surface area contributed by atoms with E-state index in [1.54, 1.807) is 54.6 Å². The highest BCUT2D eigenvalue weighted by Crippen LogP contribution is 2.44. The molecule has 7 rings (SSSR count). The smallest absolute Gasteiger partial charge is 0.296 e. The number of rotatable bonds is 10. The number of aliphatic hydroxyl groups excluding tert-OH is 1. The van der Waals surface area contributed by atoms with Crippen LogP contribution in [0, 0.1) is 0 Å². The van der Waals surface area contributed by atoms with Crippen LogP contribution in [0.5, 0.6) is 5.75 Å². The van der Waals surface area contributed by atoms with E-state index in [1.165, 1.54) is 16.7 Å². The maximum absolute atomic E-state index is 14.0. The fraction of sp³-hybridized carbons (Fsp3) is 0.0857. The predicted molar refractivity (Wildman–Crippen MR) is 184 cm³/mol. The van der Waals surface area contributed by atoms with E-state index in [0.29, 0.717) is 43.6 Å². The number of aliphatic hydroxyl groups is 1. The number of Topliss-reactive ketones (excluding diaryl/α,β-unsaturated/α-hetero) is 1. The van der Waals surface area contributed by atoms with Crippen LogP contribution in [0.15, 0.2) is 123 Å². The first-order valence-corrected chi connectivity index (χ1v) is 16.9. The van der Waals surface area contributed by atoms with E-state index in [-0.39, 0.29) is 16.5 Å². The minimum Gasteiger partial charge on any atom is -0.503 e. The third-order valence-electron chi connectivity index (χ3n) is 7.51. The number of halogens is 2. The molecular formula is C35H23Cl2N3O5S2. The summed E-state index contributed by atoms with van der Waals surface area (Å²) in [5.74, 6) is -0.966. The lowest BCUT2D eigenvalue weighted by Crippen LogP contribution is -2.31. The number of furan rings is 1. The molecule has 0 saturated carbocycles. The lowest BCUT2D eigenvalue weighted by Gasteiger charge is -2.24. The first kappa shape index (κ1) is 31.0. The van der Waals surface area contributed by atoms with Crippen molar-refractivity contribution in [3.05, 3.63) is 147 Å². The maximum Gasteiger partial charge on any atom is 0.296 e. The summed E-state index contributed by atoms with van der Waals surface area (Å²) in [6.45, 7) is 0.372. The molecule has 1 unspecified atom stereocenters. The van der Waals surface area contributed by atoms with Gasteiger partial charge in [0, 0.05) is 21.2 Å². The molecule has 6 aromatic rings. The van der Waals surface area contributed by atoms with Gasteiger partial charge in [-0.1, -0.05) is 113 Å². The minimum absolute atomic E-state index is 0.00330. The van der Waals surface area contributed by atoms with Crippen LogP contribution in [-0.4, -0.2) is 27.0 Å². The SMILES string of the molecule is O=C(C1=C(O)C(=O)N(c2nnc(SCc3ccc(Cl)cc3Cl)s2)C1c1ccc(OCc2ccccc2)cc1)c1cc2ccccc2o1. The third kappa shape index (κ3) is 6.37. The Labute approximate surface area is 287 Å². The van der Waals surface area contributed by atoms with Gasteiger partial charge in [-0.2, -0.15) is 0 Å². The van der Waals surface area contributed by atoms with Crippen LogP contribution in [-0.2, 0) is 17.2 Å². The van der Waals surface area contributed by atoms with Crippen molar-refractivity contribution < 1.29 is 23.8 Å². The number of ether oxygens (including phenoxy) is 1. The number of hydrogen-bond acceptors (Lipinski definition) is 9. The van der Waals surface area contributed by atoms with Crippen molar-refractivity contribution in [1.82, 2.24) is 10.2 Å². The number of aromatic nitrogens is 2. The number of carbonyl (C=O) groups excluding carboxylic acids is 2. The molecule has 0 bridgehead atoms. The van der Waals surface area contributed by atoms with Crippen LogP contribution in [0.3, 0.4) is 0 Å². The number of thioether (sulfide) groups is 1. The Kier molecular flexibility index (Phi) is 8.74. The average molecular weight is 701 g/mol. The van der Waals surface area contributed by atoms with E-state index in [2.05, 4.69) is 10.2 Å². The van der Waals surface area contributed by atoms with Gasteiger partial charge in [-0.05, 0) is 53.1 Å². The lowest BCUT2D eigenvalue weighted by atomic mass is 9.95. The second kappa shape index (κ2) is 13.2. The molecular weight excluding hydrogens is 677 g/mol. The van der Waals surface area contributed by atoms with Crippen molar-refractivity contribution in [2.24, 2.45) is 0 Å². The summed E-state index contributed by atoms with van der Waals surface area (Å²) in [5.41, 5.74) is 2.83. The maximum atomic E-state index is 14.0. The van der Waals surface area contributed by atoms with Gasteiger partial charge >= 0.3 is 0 Å². The number of hydrogen-bond donors (Lipinski definition) is 1. The van der Waals surface area contributed by atoms with Crippen LogP contribution in [0.2, 0.25) is 10.0 Å². The zero-order valence-electron chi connectivity index (χ0n) is 24.3. The molecule has 0 saturated heterocycles. The summed E-state index contributed by atoms with van der Waals surface area (Å²) in [7, 11) is 0. The summed E-state index contributed by atoms with van der Waals surface area (Å²) < 4.78 is 12.4. The summed E-state index contributed by atoms with van der Waals surface area (Å²) in [6, 6.07) is 29.9. The van der Waals surface area contributed by atoms with Gasteiger partial charge in [0.05, 0.1) is 11.6 Å². The molecule has 2 aromatic heterocycles. The van der Waals surface area contributed by atoms with Crippen molar-refractivity contribution >= 4 is 74.1 Å². The Bertz CT molecular complexity index is 2110. The van der Waals surface area contributed by atoms with Crippen LogP contribution in [0.4, 0.5) is 5.13 Å². The fourth-order valence-electron chi connectivity index (χ4n) is 5.20. The molecule has 1 atom stereocenters. The molecule has 47 heavy (non-hydrogen) atoms. The van der Waals surface area contributed by atoms with Gasteiger partial charge in [0.1, 0.15) is 17.9 Å². The molecule has 0 aliphatic carbocycles. The standard InChI is InChI=1S/C35H23Cl2N3O5S2/c36-24-13-10-23(26(37)17-24)19-46-35-39-38-34(47-35)40-30(21-11-14-25(15-12-21)44-18-20-6-2-1-3-7-20)29(32(42)33(40)43)31(41)28-16-22-8-4-5-9-27(22)45-28/h1-17,30,42H,18-19H2. The molecule has 3 heterocycles. The van der Waals surface area contributed by atoms with E-state index >= 15 is 0 Å². The number of benzene rings is 4. The second-order valence-electron chi connectivity index (χ2n) is 10.5. The normalized spacial score (nSPS) is 14.7. The number of anilines is 1. The molecule has 8 nitrogen and oxygen atoms in total. The first-order valence-electron chi connectivity index (χ1n) is 14.3. The fourth-order valence-corrected chi connectivity index (χ4v) is 7.63. The first-order chi connectivity index (χ1) is 22.9. The number of fused-ring (bicyclic) bond motifs is 1. The lowest BCUT2D eigenvalue weighted by molar-refractivity contribution is -0.117. The molecule has 0 fully saturated rings. The Morgan fingerprint density at radius 3 is 2.49 bits per heavy atom. The van der Waals surface area contributed by atoms with E-state index in [9.17, 15) is 14.7 Å². The molecule has 1 amide bonds. The predicted octanol–water partition coefficient (Wildman–Crippen LogP) is 9.25. The van der Waals surface area contributed by atoms with Crippen molar-refractivity contribution in [2.45, 2.75) is 22.7 Å². The number of nitrogens with zero attached hydrogens (tertiary/aromatic N) is 3. The Morgan fingerprint density at radius 2 is 1.72 bits per heavy atom. The second-order valence-corrected chi connectivity index (χ2v) is 13.6. The Morgan fingerprint density at radius 1 is 0.957 bits per heavy atom. The summed E-state index contributed by atoms with van der Waals surface area (Å²) >= 11 is 14.9. The van der Waals surface area contributed by atoms with Gasteiger partial charge in [0.2, 0.25) is 10.9 Å². The highest BCUT2D eigenvalue weighted by Gasteiger charge is 2.46. The monoisotopic (exact) mass is 699 g/mol. The van der Waals surface area contributed by atoms with Gasteiger partial charge < -0.3 is 14.3 Å². The van der Waals surface area contributed by atoms with Crippen LogP contribution >= 0.6 is 46.3 Å². The number of amides is 1. The zero-order chi connectivity index (χ0) is 32.5. The van der Waals surface area contributed by atoms with E-state index in [4.69, 9.17) is 32.4 Å². The van der Waals surface area contributed by atoms with Crippen molar-refractivity contribution in [3.8, 4) is 5.75 Å². The van der Waals surface area contributed by atoms with Gasteiger partial charge in [0.25, 0.3) is 5.91 Å². The molecule has 4 aromatic carbocycles. The van der Waals surface area contributed by atoms with Gasteiger partial charge in [-0.3, -0.25) is 14.5 Å². The van der Waals surface area contributed by atoms with Gasteiger partial charge in [-0.15, -0.1) is 10.2 Å². The highest BCUT2D eigenvalue weighted by molar-refractivity contribution is 8.00. The highest BCUT2D eigenvalue weighted by atomic mass is 35.5. The largest absolute Gasteiger partial charge is 0.503 e. The molecule has 12 heteroatoms. The van der Waals surface area contributed by atoms with Crippen molar-refractivity contribution in [1.29, 1.82) is 0 Å². The average Bonchev–Trinajstić information content (AvgIpc) is 3.80. The Hall–Kier alpha value is -4.61. The molecule has 1 N–H and O–H groups in total. The van der Waals surface area contributed by atoms with E-state index in [0.717, 1.165) is 27.8 Å². The minimum atomic E-state index is -1.01. The van der Waals surface area contributed by atoms with E-state index in [1.807, 2.05) is 48.5 Å². The van der Waals surface area contributed by atoms with Crippen LogP contribution in [0.1, 0.15) is 33.3 Å². The van der Waals surface area contributed by atoms with Crippen molar-refractivity contribution in [2.75, 3.05) is 4.90 Å². The molecule has 0 radical (unpaired) electrons. The van der Waals surface area contributed by atoms with Crippen LogP contribution < -0.4 is 9.64 Å². The summed E-state index contributed by atoms with van der Waals surface area (Å²) in [5, 5.41) is 21.8. The quantitative estimate of drug-likeness (QED) is 0.0857. The number of ketones is 1. The third-order valence-corrected chi connectivity index (χ3v) is 10.2.